The Hall–Kier alpha value is -3.02. The molecule has 0 bridgehead atoms. The zero-order valence-corrected chi connectivity index (χ0v) is 16.0. The number of amides is 2. The molecule has 0 fully saturated rings. The van der Waals surface area contributed by atoms with Gasteiger partial charge in [-0.25, -0.2) is 0 Å². The van der Waals surface area contributed by atoms with Crippen molar-refractivity contribution in [2.45, 2.75) is 27.2 Å². The first-order valence-corrected chi connectivity index (χ1v) is 9.06. The zero-order valence-electron chi connectivity index (χ0n) is 16.0. The molecule has 0 saturated carbocycles. The van der Waals surface area contributed by atoms with E-state index in [0.717, 1.165) is 17.9 Å². The fraction of sp³-hybridized carbons (Fsp3) is 0.333. The maximum atomic E-state index is 12.1. The van der Waals surface area contributed by atoms with Gasteiger partial charge in [-0.05, 0) is 54.8 Å². The van der Waals surface area contributed by atoms with Gasteiger partial charge in [-0.15, -0.1) is 0 Å². The molecule has 0 unspecified atom stereocenters. The van der Waals surface area contributed by atoms with Crippen molar-refractivity contribution in [1.29, 1.82) is 0 Å². The number of anilines is 3. The zero-order chi connectivity index (χ0) is 19.6. The third-order valence-electron chi connectivity index (χ3n) is 3.74. The van der Waals surface area contributed by atoms with Crippen LogP contribution < -0.4 is 20.7 Å². The molecule has 0 heterocycles. The Morgan fingerprint density at radius 3 is 2.26 bits per heavy atom. The normalized spacial score (nSPS) is 10.4. The van der Waals surface area contributed by atoms with E-state index in [2.05, 4.69) is 29.8 Å². The second-order valence-electron chi connectivity index (χ2n) is 6.72. The molecule has 2 rings (SSSR count). The second-order valence-corrected chi connectivity index (χ2v) is 6.72. The molecular formula is C21H27N3O3. The predicted octanol–water partition coefficient (Wildman–Crippen LogP) is 4.12. The molecule has 0 saturated heterocycles. The molecule has 0 aliphatic carbocycles. The summed E-state index contributed by atoms with van der Waals surface area (Å²) in [6.45, 7) is 6.60. The Labute approximate surface area is 160 Å². The fourth-order valence-electron chi connectivity index (χ4n) is 2.35. The summed E-state index contributed by atoms with van der Waals surface area (Å²) in [7, 11) is 0. The summed E-state index contributed by atoms with van der Waals surface area (Å²) in [5.74, 6) is 1.10. The minimum Gasteiger partial charge on any atom is -0.494 e. The van der Waals surface area contributed by atoms with E-state index in [4.69, 9.17) is 4.74 Å². The van der Waals surface area contributed by atoms with E-state index in [-0.39, 0.29) is 18.4 Å². The topological polar surface area (TPSA) is 79.5 Å². The summed E-state index contributed by atoms with van der Waals surface area (Å²) in [4.78, 5) is 23.2. The Morgan fingerprint density at radius 1 is 0.963 bits per heavy atom. The van der Waals surface area contributed by atoms with E-state index in [1.165, 1.54) is 6.92 Å². The molecule has 0 atom stereocenters. The van der Waals surface area contributed by atoms with Crippen molar-refractivity contribution >= 4 is 28.9 Å². The number of nitrogens with one attached hydrogen (secondary N) is 3. The number of hydrogen-bond acceptors (Lipinski definition) is 4. The van der Waals surface area contributed by atoms with Gasteiger partial charge < -0.3 is 20.7 Å². The molecule has 0 radical (unpaired) electrons. The molecule has 0 aliphatic rings. The summed E-state index contributed by atoms with van der Waals surface area (Å²) in [5.41, 5.74) is 2.11. The van der Waals surface area contributed by atoms with E-state index < -0.39 is 0 Å². The average molecular weight is 369 g/mol. The van der Waals surface area contributed by atoms with Gasteiger partial charge in [0.2, 0.25) is 11.8 Å². The number of hydrogen-bond donors (Lipinski definition) is 3. The number of rotatable bonds is 9. The lowest BCUT2D eigenvalue weighted by molar-refractivity contribution is -0.115. The Kier molecular flexibility index (Phi) is 7.67. The second kappa shape index (κ2) is 10.2. The van der Waals surface area contributed by atoms with Gasteiger partial charge in [0.25, 0.3) is 0 Å². The average Bonchev–Trinajstić information content (AvgIpc) is 2.60. The lowest BCUT2D eigenvalue weighted by atomic mass is 10.1. The third-order valence-corrected chi connectivity index (χ3v) is 3.74. The van der Waals surface area contributed by atoms with Crippen molar-refractivity contribution in [3.05, 3.63) is 48.5 Å². The molecule has 0 spiro atoms. The van der Waals surface area contributed by atoms with Crippen molar-refractivity contribution < 1.29 is 14.3 Å². The van der Waals surface area contributed by atoms with Gasteiger partial charge >= 0.3 is 0 Å². The van der Waals surface area contributed by atoms with Crippen LogP contribution >= 0.6 is 0 Å². The molecule has 0 aromatic heterocycles. The highest BCUT2D eigenvalue weighted by atomic mass is 16.5. The van der Waals surface area contributed by atoms with E-state index in [9.17, 15) is 9.59 Å². The van der Waals surface area contributed by atoms with Crippen LogP contribution in [0.3, 0.4) is 0 Å². The lowest BCUT2D eigenvalue weighted by Crippen LogP contribution is -2.21. The quantitative estimate of drug-likeness (QED) is 0.621. The summed E-state index contributed by atoms with van der Waals surface area (Å²) in [5, 5.41) is 8.56. The highest BCUT2D eigenvalue weighted by Crippen LogP contribution is 2.17. The summed E-state index contributed by atoms with van der Waals surface area (Å²) in [6, 6.07) is 14.6. The lowest BCUT2D eigenvalue weighted by Gasteiger charge is -2.11. The number of ether oxygens (including phenoxy) is 1. The molecule has 6 heteroatoms. The maximum Gasteiger partial charge on any atom is 0.243 e. The number of carbonyl (C=O) groups excluding carboxylic acids is 2. The van der Waals surface area contributed by atoms with Gasteiger partial charge in [0.15, 0.2) is 0 Å². The van der Waals surface area contributed by atoms with E-state index >= 15 is 0 Å². The monoisotopic (exact) mass is 369 g/mol. The molecule has 2 amide bonds. The fourth-order valence-corrected chi connectivity index (χ4v) is 2.35. The van der Waals surface area contributed by atoms with Crippen molar-refractivity contribution in [2.75, 3.05) is 29.1 Å². The predicted molar refractivity (Wildman–Crippen MR) is 109 cm³/mol. The van der Waals surface area contributed by atoms with Crippen LogP contribution in [0.2, 0.25) is 0 Å². The number of benzene rings is 2. The highest BCUT2D eigenvalue weighted by Gasteiger charge is 2.04. The van der Waals surface area contributed by atoms with Gasteiger partial charge in [0, 0.05) is 24.0 Å². The largest absolute Gasteiger partial charge is 0.494 e. The Morgan fingerprint density at radius 2 is 1.63 bits per heavy atom. The first-order chi connectivity index (χ1) is 12.9. The van der Waals surface area contributed by atoms with Crippen molar-refractivity contribution in [2.24, 2.45) is 5.92 Å². The standard InChI is InChI=1S/C21H27N3O3/c1-15(2)11-12-27-20-9-7-17(8-10-20)22-14-21(26)24-19-6-4-5-18(13-19)23-16(3)25/h4-10,13,15,22H,11-12,14H2,1-3H3,(H,23,25)(H,24,26). The van der Waals surface area contributed by atoms with Crippen molar-refractivity contribution in [3.8, 4) is 5.75 Å². The summed E-state index contributed by atoms with van der Waals surface area (Å²) in [6.07, 6.45) is 1.02. The SMILES string of the molecule is CC(=O)Nc1cccc(NC(=O)CNc2ccc(OCCC(C)C)cc2)c1. The van der Waals surface area contributed by atoms with Gasteiger partial charge in [-0.2, -0.15) is 0 Å². The summed E-state index contributed by atoms with van der Waals surface area (Å²) >= 11 is 0. The van der Waals surface area contributed by atoms with E-state index in [1.807, 2.05) is 24.3 Å². The Balaban J connectivity index is 1.79. The molecule has 2 aromatic carbocycles. The smallest absolute Gasteiger partial charge is 0.243 e. The van der Waals surface area contributed by atoms with E-state index in [1.54, 1.807) is 24.3 Å². The molecular weight excluding hydrogens is 342 g/mol. The maximum absolute atomic E-state index is 12.1. The first kappa shape index (κ1) is 20.3. The summed E-state index contributed by atoms with van der Waals surface area (Å²) < 4.78 is 5.68. The van der Waals surface area contributed by atoms with Crippen LogP contribution in [0, 0.1) is 5.92 Å². The van der Waals surface area contributed by atoms with Crippen LogP contribution in [0.25, 0.3) is 0 Å². The minimum atomic E-state index is -0.174. The van der Waals surface area contributed by atoms with Crippen LogP contribution in [-0.2, 0) is 9.59 Å². The molecule has 0 aliphatic heterocycles. The van der Waals surface area contributed by atoms with Gasteiger partial charge in [-0.1, -0.05) is 19.9 Å². The van der Waals surface area contributed by atoms with Gasteiger partial charge in [0.1, 0.15) is 5.75 Å². The van der Waals surface area contributed by atoms with Gasteiger partial charge in [-0.3, -0.25) is 9.59 Å². The van der Waals surface area contributed by atoms with Crippen LogP contribution in [0.4, 0.5) is 17.1 Å². The highest BCUT2D eigenvalue weighted by molar-refractivity contribution is 5.95. The van der Waals surface area contributed by atoms with Crippen LogP contribution in [0.1, 0.15) is 27.2 Å². The molecule has 3 N–H and O–H groups in total. The van der Waals surface area contributed by atoms with Crippen LogP contribution in [-0.4, -0.2) is 25.0 Å². The van der Waals surface area contributed by atoms with Crippen molar-refractivity contribution in [1.82, 2.24) is 0 Å². The van der Waals surface area contributed by atoms with E-state index in [0.29, 0.717) is 23.9 Å². The minimum absolute atomic E-state index is 0.137. The van der Waals surface area contributed by atoms with Crippen LogP contribution in [0.15, 0.2) is 48.5 Å². The van der Waals surface area contributed by atoms with Crippen LogP contribution in [0.5, 0.6) is 5.75 Å². The Bertz CT molecular complexity index is 758. The molecule has 6 nitrogen and oxygen atoms in total. The third kappa shape index (κ3) is 7.81. The molecule has 144 valence electrons. The van der Waals surface area contributed by atoms with Gasteiger partial charge in [0.05, 0.1) is 13.2 Å². The van der Waals surface area contributed by atoms with Crippen molar-refractivity contribution in [3.63, 3.8) is 0 Å². The first-order valence-electron chi connectivity index (χ1n) is 9.06. The molecule has 27 heavy (non-hydrogen) atoms. The molecule has 2 aromatic rings. The number of carbonyl (C=O) groups is 2.